The maximum atomic E-state index is 13.6. The van der Waals surface area contributed by atoms with Crippen LogP contribution in [0.3, 0.4) is 0 Å². The molecule has 1 heterocycles. The van der Waals surface area contributed by atoms with Gasteiger partial charge in [0.2, 0.25) is 0 Å². The van der Waals surface area contributed by atoms with Crippen LogP contribution in [0.4, 0.5) is 5.69 Å². The van der Waals surface area contributed by atoms with Crippen molar-refractivity contribution >= 4 is 40.6 Å². The maximum absolute atomic E-state index is 13.6. The Morgan fingerprint density at radius 3 is 2.48 bits per heavy atom. The third-order valence-corrected chi connectivity index (χ3v) is 6.83. The fourth-order valence-corrected chi connectivity index (χ4v) is 4.64. The molecule has 3 aromatic carbocycles. The molecule has 0 aromatic heterocycles. The first-order chi connectivity index (χ1) is 15.6. The summed E-state index contributed by atoms with van der Waals surface area (Å²) in [5.74, 6) is -0.610. The van der Waals surface area contributed by atoms with Crippen LogP contribution in [-0.4, -0.2) is 16.8 Å². The Morgan fingerprint density at radius 2 is 1.79 bits per heavy atom. The number of halogens is 2. The molecule has 0 saturated heterocycles. The quantitative estimate of drug-likeness (QED) is 0.412. The smallest absolute Gasteiger partial charge is 0.264 e. The van der Waals surface area contributed by atoms with E-state index in [1.807, 2.05) is 43.3 Å². The molecule has 1 N–H and O–H groups in total. The molecule has 3 aromatic rings. The number of carbonyl (C=O) groups is 2. The summed E-state index contributed by atoms with van der Waals surface area (Å²) in [5, 5.41) is 12.6. The number of aliphatic hydroxyl groups is 1. The number of aryl methyl sites for hydroxylation is 1. The summed E-state index contributed by atoms with van der Waals surface area (Å²) in [6, 6.07) is 17.9. The Balaban J connectivity index is 1.73. The summed E-state index contributed by atoms with van der Waals surface area (Å²) in [4.78, 5) is 28.4. The fraction of sp³-hybridized carbons (Fsp3) is 0.259. The number of benzene rings is 3. The van der Waals surface area contributed by atoms with Crippen LogP contribution in [0.25, 0.3) is 0 Å². The van der Waals surface area contributed by atoms with Gasteiger partial charge in [-0.1, -0.05) is 67.4 Å². The molecule has 0 unspecified atom stereocenters. The van der Waals surface area contributed by atoms with Gasteiger partial charge in [0.15, 0.2) is 11.4 Å². The average Bonchev–Trinajstić information content (AvgIpc) is 2.96. The minimum absolute atomic E-state index is 0.172. The number of amides is 1. The van der Waals surface area contributed by atoms with Crippen molar-refractivity contribution in [3.05, 3.63) is 98.5 Å². The predicted octanol–water partition coefficient (Wildman–Crippen LogP) is 6.43. The second-order valence-corrected chi connectivity index (χ2v) is 9.68. The van der Waals surface area contributed by atoms with Gasteiger partial charge >= 0.3 is 0 Å². The van der Waals surface area contributed by atoms with Gasteiger partial charge < -0.3 is 10.0 Å². The number of anilines is 1. The standard InChI is InChI=1S/C27H25Cl2NO3/c1-16(2)18-9-8-17(3)21(12-18)25(31)14-27(33)22-13-20(28)10-11-24(22)30(26(27)32)15-19-6-4-5-7-23(19)29/h4-13,16,33H,14-15H2,1-3H3/t27-/m0/s1. The van der Waals surface area contributed by atoms with Gasteiger partial charge in [0.1, 0.15) is 0 Å². The second-order valence-electron chi connectivity index (χ2n) is 8.83. The first-order valence-electron chi connectivity index (χ1n) is 10.8. The molecule has 6 heteroatoms. The molecule has 1 atom stereocenters. The summed E-state index contributed by atoms with van der Waals surface area (Å²) in [7, 11) is 0. The minimum atomic E-state index is -2.02. The van der Waals surface area contributed by atoms with E-state index in [-0.39, 0.29) is 24.7 Å². The van der Waals surface area contributed by atoms with Crippen LogP contribution in [0.2, 0.25) is 10.0 Å². The van der Waals surface area contributed by atoms with E-state index in [4.69, 9.17) is 23.2 Å². The zero-order valence-corrected chi connectivity index (χ0v) is 20.2. The zero-order chi connectivity index (χ0) is 23.9. The van der Waals surface area contributed by atoms with Crippen molar-refractivity contribution in [3.8, 4) is 0 Å². The molecule has 33 heavy (non-hydrogen) atoms. The largest absolute Gasteiger partial charge is 0.375 e. The number of fused-ring (bicyclic) bond motifs is 1. The molecule has 0 aliphatic carbocycles. The van der Waals surface area contributed by atoms with Crippen molar-refractivity contribution in [2.24, 2.45) is 0 Å². The van der Waals surface area contributed by atoms with Crippen LogP contribution < -0.4 is 4.90 Å². The van der Waals surface area contributed by atoms with Crippen molar-refractivity contribution in [2.75, 3.05) is 4.90 Å². The summed E-state index contributed by atoms with van der Waals surface area (Å²) < 4.78 is 0. The Bertz CT molecular complexity index is 1250. The normalized spacial score (nSPS) is 17.5. The lowest BCUT2D eigenvalue weighted by Crippen LogP contribution is -2.41. The molecule has 0 radical (unpaired) electrons. The van der Waals surface area contributed by atoms with Gasteiger partial charge in [-0.2, -0.15) is 0 Å². The van der Waals surface area contributed by atoms with E-state index in [9.17, 15) is 14.7 Å². The van der Waals surface area contributed by atoms with Gasteiger partial charge in [0.05, 0.1) is 18.7 Å². The highest BCUT2D eigenvalue weighted by Gasteiger charge is 2.51. The molecule has 1 aliphatic heterocycles. The lowest BCUT2D eigenvalue weighted by molar-refractivity contribution is -0.136. The molecule has 1 amide bonds. The van der Waals surface area contributed by atoms with Gasteiger partial charge in [0, 0.05) is 21.2 Å². The van der Waals surface area contributed by atoms with Crippen LogP contribution in [0, 0.1) is 6.92 Å². The van der Waals surface area contributed by atoms with Crippen molar-refractivity contribution < 1.29 is 14.7 Å². The highest BCUT2D eigenvalue weighted by Crippen LogP contribution is 2.45. The van der Waals surface area contributed by atoms with Crippen molar-refractivity contribution in [2.45, 2.75) is 45.3 Å². The summed E-state index contributed by atoms with van der Waals surface area (Å²) in [5.41, 5.74) is 1.92. The van der Waals surface area contributed by atoms with E-state index in [2.05, 4.69) is 13.8 Å². The number of ketones is 1. The Kier molecular flexibility index (Phi) is 6.37. The van der Waals surface area contributed by atoms with Gasteiger partial charge in [-0.15, -0.1) is 0 Å². The molecular formula is C27H25Cl2NO3. The molecule has 4 nitrogen and oxygen atoms in total. The van der Waals surface area contributed by atoms with Crippen LogP contribution in [0.1, 0.15) is 58.8 Å². The molecular weight excluding hydrogens is 457 g/mol. The van der Waals surface area contributed by atoms with Gasteiger partial charge in [-0.05, 0) is 59.9 Å². The van der Waals surface area contributed by atoms with E-state index in [1.54, 1.807) is 24.3 Å². The van der Waals surface area contributed by atoms with Crippen LogP contribution >= 0.6 is 23.2 Å². The van der Waals surface area contributed by atoms with Crippen LogP contribution in [0.15, 0.2) is 60.7 Å². The van der Waals surface area contributed by atoms with Gasteiger partial charge in [-0.3, -0.25) is 9.59 Å². The van der Waals surface area contributed by atoms with Crippen molar-refractivity contribution in [1.29, 1.82) is 0 Å². The number of Topliss-reactive ketones (excluding diaryl/α,β-unsaturated/α-hetero) is 1. The highest BCUT2D eigenvalue weighted by molar-refractivity contribution is 6.31. The van der Waals surface area contributed by atoms with E-state index < -0.39 is 11.5 Å². The Morgan fingerprint density at radius 1 is 1.06 bits per heavy atom. The number of carbonyl (C=O) groups excluding carboxylic acids is 2. The van der Waals surface area contributed by atoms with Crippen LogP contribution in [0.5, 0.6) is 0 Å². The first kappa shape index (κ1) is 23.5. The molecule has 4 rings (SSSR count). The third kappa shape index (κ3) is 4.31. The third-order valence-electron chi connectivity index (χ3n) is 6.23. The topological polar surface area (TPSA) is 57.6 Å². The average molecular weight is 482 g/mol. The predicted molar refractivity (Wildman–Crippen MR) is 132 cm³/mol. The summed E-state index contributed by atoms with van der Waals surface area (Å²) >= 11 is 12.5. The molecule has 0 fully saturated rings. The number of nitrogens with zero attached hydrogens (tertiary/aromatic N) is 1. The molecule has 170 valence electrons. The van der Waals surface area contributed by atoms with Crippen molar-refractivity contribution in [3.63, 3.8) is 0 Å². The zero-order valence-electron chi connectivity index (χ0n) is 18.7. The minimum Gasteiger partial charge on any atom is -0.375 e. The van der Waals surface area contributed by atoms with E-state index in [1.165, 1.54) is 4.90 Å². The molecule has 0 bridgehead atoms. The second kappa shape index (κ2) is 8.94. The number of rotatable bonds is 6. The summed E-state index contributed by atoms with van der Waals surface area (Å²) in [6.07, 6.45) is -0.374. The van der Waals surface area contributed by atoms with E-state index in [0.29, 0.717) is 26.9 Å². The van der Waals surface area contributed by atoms with Gasteiger partial charge in [0.25, 0.3) is 5.91 Å². The molecule has 1 aliphatic rings. The monoisotopic (exact) mass is 481 g/mol. The van der Waals surface area contributed by atoms with E-state index in [0.717, 1.165) is 16.7 Å². The fourth-order valence-electron chi connectivity index (χ4n) is 4.27. The summed E-state index contributed by atoms with van der Waals surface area (Å²) in [6.45, 7) is 6.13. The molecule has 0 saturated carbocycles. The Hall–Kier alpha value is -2.66. The number of hydrogen-bond acceptors (Lipinski definition) is 3. The lowest BCUT2D eigenvalue weighted by atomic mass is 9.86. The van der Waals surface area contributed by atoms with Gasteiger partial charge in [-0.25, -0.2) is 0 Å². The van der Waals surface area contributed by atoms with Crippen molar-refractivity contribution in [1.82, 2.24) is 0 Å². The first-order valence-corrected chi connectivity index (χ1v) is 11.6. The Labute approximate surface area is 203 Å². The SMILES string of the molecule is Cc1ccc(C(C)C)cc1C(=O)C[C@@]1(O)C(=O)N(Cc2ccccc2Cl)c2ccc(Cl)cc21. The molecule has 0 spiro atoms. The number of hydrogen-bond donors (Lipinski definition) is 1. The highest BCUT2D eigenvalue weighted by atomic mass is 35.5. The maximum Gasteiger partial charge on any atom is 0.264 e. The lowest BCUT2D eigenvalue weighted by Gasteiger charge is -2.23. The van der Waals surface area contributed by atoms with E-state index >= 15 is 0 Å². The van der Waals surface area contributed by atoms with Crippen LogP contribution in [-0.2, 0) is 16.9 Å².